The molecule has 0 aliphatic rings. The van der Waals surface area contributed by atoms with Gasteiger partial charge < -0.3 is 98.2 Å². The number of para-hydroxylation sites is 1. The summed E-state index contributed by atoms with van der Waals surface area (Å²) in [7, 11) is 0. The van der Waals surface area contributed by atoms with Gasteiger partial charge in [0.15, 0.2) is 23.8 Å². The zero-order valence-electron chi connectivity index (χ0n) is 38.8. The fourth-order valence-corrected chi connectivity index (χ4v) is 4.22. The number of benzene rings is 1. The minimum atomic E-state index is -1.11. The van der Waals surface area contributed by atoms with Crippen molar-refractivity contribution in [2.45, 2.75) is 121 Å². The predicted octanol–water partition coefficient (Wildman–Crippen LogP) is -1.09. The summed E-state index contributed by atoms with van der Waals surface area (Å²) in [6.07, 6.45) is 9.46. The summed E-state index contributed by atoms with van der Waals surface area (Å²) in [6, 6.07) is 4.17. The fraction of sp³-hybridized carbons (Fsp3) is 0.575. The van der Waals surface area contributed by atoms with Crippen LogP contribution in [-0.4, -0.2) is 145 Å². The molecule has 1 aromatic rings. The molecule has 0 unspecified atom stereocenters. The number of hydrogen-bond donors (Lipinski definition) is 18. The smallest absolute Gasteiger partial charge is 0.339 e. The van der Waals surface area contributed by atoms with Crippen molar-refractivity contribution < 1.29 is 74.4 Å². The second kappa shape index (κ2) is 48.2. The maximum absolute atomic E-state index is 10.3. The largest absolute Gasteiger partial charge is 0.507 e. The summed E-state index contributed by atoms with van der Waals surface area (Å²) in [4.78, 5) is 85.7. The maximum Gasteiger partial charge on any atom is 0.339 e. The van der Waals surface area contributed by atoms with Crippen molar-refractivity contribution in [2.75, 3.05) is 26.2 Å². The predicted molar refractivity (Wildman–Crippen MR) is 258 cm³/mol. The van der Waals surface area contributed by atoms with Gasteiger partial charge >= 0.3 is 41.8 Å². The molecule has 396 valence electrons. The summed E-state index contributed by atoms with van der Waals surface area (Å²) in [5.41, 5.74) is 50.8. The van der Waals surface area contributed by atoms with Crippen LogP contribution < -0.4 is 57.3 Å². The van der Waals surface area contributed by atoms with Crippen LogP contribution in [0.2, 0.25) is 0 Å². The van der Waals surface area contributed by atoms with E-state index in [-0.39, 0.29) is 60.8 Å². The van der Waals surface area contributed by atoms with Gasteiger partial charge in [-0.2, -0.15) is 0 Å². The first kappa shape index (κ1) is 70.3. The average Bonchev–Trinajstić information content (AvgIpc) is 3.23. The van der Waals surface area contributed by atoms with Gasteiger partial charge in [0.1, 0.15) is 23.4 Å². The number of hydrogen-bond acceptors (Lipinski definition) is 14. The Morgan fingerprint density at radius 1 is 0.406 bits per heavy atom. The molecule has 0 aliphatic heterocycles. The van der Waals surface area contributed by atoms with Gasteiger partial charge in [-0.05, 0) is 76.3 Å². The first-order chi connectivity index (χ1) is 32.2. The monoisotopic (exact) mass is 993 g/mol. The number of carboxylic acids is 7. The lowest BCUT2D eigenvalue weighted by molar-refractivity contribution is -0.139. The number of aromatic carboxylic acids is 1. The highest BCUT2D eigenvalue weighted by molar-refractivity contribution is 5.90. The highest BCUT2D eigenvalue weighted by Gasteiger charge is 2.10. The minimum absolute atomic E-state index is 0.0129. The quantitative estimate of drug-likeness (QED) is 0.0258. The van der Waals surface area contributed by atoms with Crippen LogP contribution in [0.15, 0.2) is 44.2 Å². The first-order valence-corrected chi connectivity index (χ1v) is 21.2. The number of nitrogens with zero attached hydrogens (tertiary/aromatic N) is 4. The number of nitrogens with two attached hydrogens (primary N) is 10. The van der Waals surface area contributed by atoms with Crippen molar-refractivity contribution in [3.8, 4) is 5.75 Å². The molecular formula is C40H76N14O15. The van der Waals surface area contributed by atoms with Crippen LogP contribution in [-0.2, 0) is 28.8 Å². The molecule has 29 nitrogen and oxygen atoms in total. The van der Waals surface area contributed by atoms with Crippen LogP contribution in [0.1, 0.15) is 120 Å². The lowest BCUT2D eigenvalue weighted by Crippen LogP contribution is -2.30. The molecule has 0 heterocycles. The van der Waals surface area contributed by atoms with Crippen LogP contribution in [0.25, 0.3) is 0 Å². The van der Waals surface area contributed by atoms with Gasteiger partial charge in [-0.1, -0.05) is 31.4 Å². The molecule has 1 aromatic carbocycles. The van der Waals surface area contributed by atoms with E-state index in [0.717, 1.165) is 19.3 Å². The molecule has 28 N–H and O–H groups in total. The Bertz CT molecular complexity index is 1620. The summed E-state index contributed by atoms with van der Waals surface area (Å²) in [5, 5.41) is 67.2. The number of aliphatic imine (C=N–C) groups is 4. The van der Waals surface area contributed by atoms with Gasteiger partial charge in [0.2, 0.25) is 0 Å². The molecule has 0 saturated carbocycles. The van der Waals surface area contributed by atoms with Gasteiger partial charge in [0.25, 0.3) is 0 Å². The Kier molecular flexibility index (Phi) is 49.2. The molecule has 0 aromatic heterocycles. The van der Waals surface area contributed by atoms with E-state index in [0.29, 0.717) is 90.4 Å². The number of guanidine groups is 4. The van der Waals surface area contributed by atoms with E-state index in [1.54, 1.807) is 12.1 Å². The number of aliphatic carboxylic acids is 6. The van der Waals surface area contributed by atoms with Crippen LogP contribution in [0, 0.1) is 0 Å². The second-order valence-corrected chi connectivity index (χ2v) is 14.0. The summed E-state index contributed by atoms with van der Waals surface area (Å²) in [5.74, 6) is -6.26. The number of unbranched alkanes of at least 4 members (excludes halogenated alkanes) is 6. The van der Waals surface area contributed by atoms with Gasteiger partial charge in [-0.3, -0.25) is 48.7 Å². The van der Waals surface area contributed by atoms with Crippen molar-refractivity contribution in [3.63, 3.8) is 0 Å². The molecule has 1 rings (SSSR count). The lowest BCUT2D eigenvalue weighted by atomic mass is 10.1. The van der Waals surface area contributed by atoms with Crippen molar-refractivity contribution in [1.82, 2.24) is 0 Å². The van der Waals surface area contributed by atoms with Gasteiger partial charge in [-0.15, -0.1) is 0 Å². The summed E-state index contributed by atoms with van der Waals surface area (Å²) in [6.45, 7) is 1.86. The molecule has 0 fully saturated rings. The molecule has 29 heteroatoms. The third-order valence-electron chi connectivity index (χ3n) is 7.67. The Morgan fingerprint density at radius 2 is 0.667 bits per heavy atom. The molecule has 0 spiro atoms. The molecule has 2 atom stereocenters. The third-order valence-corrected chi connectivity index (χ3v) is 7.67. The molecular weight excluding hydrogens is 917 g/mol. The van der Waals surface area contributed by atoms with E-state index in [9.17, 15) is 33.6 Å². The van der Waals surface area contributed by atoms with Crippen molar-refractivity contribution in [3.05, 3.63) is 29.8 Å². The van der Waals surface area contributed by atoms with E-state index in [1.165, 1.54) is 12.1 Å². The van der Waals surface area contributed by atoms with Gasteiger partial charge in [0, 0.05) is 51.9 Å². The van der Waals surface area contributed by atoms with Gasteiger partial charge in [0.05, 0.1) is 0 Å². The minimum Gasteiger partial charge on any atom is -0.507 e. The highest BCUT2D eigenvalue weighted by atomic mass is 16.4. The zero-order valence-corrected chi connectivity index (χ0v) is 38.8. The topological polar surface area (TPSA) is 591 Å². The SMILES string of the molecule is NC(N)=NCCCCC(=O)O.NC(N)=NCCCCC(=O)O.NC(N)=NCCC[C@H](N)C(=O)O.NC(N)=NCCC[C@H](N)C(=O)O.O=C(O)CCCCCCCC(=O)O.O=C(O)c1ccccc1O. The van der Waals surface area contributed by atoms with E-state index < -0.39 is 53.9 Å². The van der Waals surface area contributed by atoms with Crippen molar-refractivity contribution >= 4 is 65.6 Å². The van der Waals surface area contributed by atoms with Crippen molar-refractivity contribution in [1.29, 1.82) is 0 Å². The standard InChI is InChI=1S/C9H16O4.C7H6O3.2C6H14N4O2.2C6H13N3O2/c10-8(11)6-4-2-1-3-5-7-9(12)13;8-6-4-2-1-3-5(6)7(9)10;2*7-4(5(11)12)2-1-3-10-6(8)9;2*7-6(8)9-4-2-1-3-5(10)11/h1-7H2,(H,10,11)(H,12,13);1-4,8H,(H,9,10);2*4H,1-3,7H2,(H,11,12)(H4,8,9,10);2*1-4H2,(H,10,11)(H4,7,8,9)/t;;2*4-;;/m..00../s1. The van der Waals surface area contributed by atoms with E-state index in [2.05, 4.69) is 20.0 Å². The summed E-state index contributed by atoms with van der Waals surface area (Å²) < 4.78 is 0. The molecule has 0 bridgehead atoms. The Labute approximate surface area is 399 Å². The fourth-order valence-electron chi connectivity index (χ4n) is 4.22. The normalized spacial score (nSPS) is 10.3. The maximum atomic E-state index is 10.3. The van der Waals surface area contributed by atoms with Crippen LogP contribution in [0.5, 0.6) is 5.75 Å². The summed E-state index contributed by atoms with van der Waals surface area (Å²) >= 11 is 0. The van der Waals surface area contributed by atoms with Crippen LogP contribution in [0.3, 0.4) is 0 Å². The van der Waals surface area contributed by atoms with Crippen LogP contribution >= 0.6 is 0 Å². The number of phenols is 1. The molecule has 0 amide bonds. The third kappa shape index (κ3) is 67.0. The Morgan fingerprint density at radius 3 is 0.899 bits per heavy atom. The first-order valence-electron chi connectivity index (χ1n) is 21.2. The lowest BCUT2D eigenvalue weighted by Gasteiger charge is -2.03. The van der Waals surface area contributed by atoms with Crippen LogP contribution in [0.4, 0.5) is 0 Å². The van der Waals surface area contributed by atoms with Crippen molar-refractivity contribution in [2.24, 2.45) is 77.3 Å². The molecule has 0 aliphatic carbocycles. The highest BCUT2D eigenvalue weighted by Crippen LogP contribution is 2.14. The second-order valence-electron chi connectivity index (χ2n) is 14.0. The zero-order chi connectivity index (χ0) is 54.2. The number of carboxylic acid groups (broad SMARTS) is 7. The number of rotatable bonds is 29. The Hall–Kier alpha value is -7.69. The number of aromatic hydroxyl groups is 1. The Balaban J connectivity index is -0.000000238. The number of carbonyl (C=O) groups is 7. The molecule has 0 saturated heterocycles. The van der Waals surface area contributed by atoms with E-state index in [4.69, 9.17) is 98.2 Å². The molecule has 69 heavy (non-hydrogen) atoms. The van der Waals surface area contributed by atoms with Gasteiger partial charge in [-0.25, -0.2) is 4.79 Å². The van der Waals surface area contributed by atoms with E-state index in [1.807, 2.05) is 0 Å². The molecule has 0 radical (unpaired) electrons. The average molecular weight is 993 g/mol. The van der Waals surface area contributed by atoms with E-state index >= 15 is 0 Å².